The van der Waals surface area contributed by atoms with Gasteiger partial charge in [0.2, 0.25) is 0 Å². The molecule has 2 unspecified atom stereocenters. The molecule has 0 bridgehead atoms. The minimum absolute atomic E-state index is 0.288. The van der Waals surface area contributed by atoms with Crippen LogP contribution in [-0.4, -0.2) is 25.3 Å². The zero-order valence-corrected chi connectivity index (χ0v) is 10.1. The normalized spacial score (nSPS) is 32.6. The molecule has 1 rings (SSSR count). The van der Waals surface area contributed by atoms with Crippen molar-refractivity contribution in [1.82, 2.24) is 5.32 Å². The lowest BCUT2D eigenvalue weighted by atomic mass is 9.95. The van der Waals surface area contributed by atoms with Crippen LogP contribution >= 0.6 is 0 Å². The number of hydrogen-bond donors (Lipinski definition) is 1. The van der Waals surface area contributed by atoms with Gasteiger partial charge in [-0.15, -0.1) is 0 Å². The average Bonchev–Trinajstić information content (AvgIpc) is 2.27. The van der Waals surface area contributed by atoms with Gasteiger partial charge in [-0.1, -0.05) is 34.1 Å². The number of nitrogens with one attached hydrogen (secondary N) is 1. The molecule has 1 heterocycles. The first-order valence-electron chi connectivity index (χ1n) is 5.94. The molecule has 1 aliphatic rings. The lowest BCUT2D eigenvalue weighted by Gasteiger charge is -2.23. The van der Waals surface area contributed by atoms with Crippen LogP contribution in [0, 0.1) is 5.41 Å². The Morgan fingerprint density at radius 2 is 2.07 bits per heavy atom. The summed E-state index contributed by atoms with van der Waals surface area (Å²) in [5, 5.41) is 3.63. The summed E-state index contributed by atoms with van der Waals surface area (Å²) in [5.41, 5.74) is 0.288. The van der Waals surface area contributed by atoms with Crippen LogP contribution < -0.4 is 5.32 Å². The lowest BCUT2D eigenvalue weighted by molar-refractivity contribution is 0.00580. The van der Waals surface area contributed by atoms with Crippen LogP contribution in [0.3, 0.4) is 0 Å². The molecule has 1 saturated heterocycles. The van der Waals surface area contributed by atoms with Gasteiger partial charge in [0.25, 0.3) is 0 Å². The van der Waals surface area contributed by atoms with E-state index in [0.717, 1.165) is 13.2 Å². The first-order chi connectivity index (χ1) is 6.59. The minimum Gasteiger partial charge on any atom is -0.376 e. The van der Waals surface area contributed by atoms with Crippen LogP contribution in [0.1, 0.15) is 47.0 Å². The highest BCUT2D eigenvalue weighted by Gasteiger charge is 2.29. The van der Waals surface area contributed by atoms with Gasteiger partial charge in [-0.3, -0.25) is 0 Å². The highest BCUT2D eigenvalue weighted by Crippen LogP contribution is 2.22. The standard InChI is InChI=1S/C12H25NO/c1-5-7-11-10(6-2)13-8-12(3,4)9-14-11/h10-11,13H,5-9H2,1-4H3. The maximum Gasteiger partial charge on any atom is 0.0728 e. The molecule has 0 aliphatic carbocycles. The maximum absolute atomic E-state index is 6.00. The van der Waals surface area contributed by atoms with Crippen molar-refractivity contribution in [3.05, 3.63) is 0 Å². The molecule has 0 saturated carbocycles. The Hall–Kier alpha value is -0.0800. The Morgan fingerprint density at radius 1 is 1.36 bits per heavy atom. The molecular weight excluding hydrogens is 174 g/mol. The van der Waals surface area contributed by atoms with Crippen molar-refractivity contribution in [3.63, 3.8) is 0 Å². The SMILES string of the molecule is CCCC1OCC(C)(C)CNC1CC. The smallest absolute Gasteiger partial charge is 0.0728 e. The zero-order valence-electron chi connectivity index (χ0n) is 10.1. The van der Waals surface area contributed by atoms with Crippen LogP contribution in [0.25, 0.3) is 0 Å². The molecule has 1 fully saturated rings. The largest absolute Gasteiger partial charge is 0.376 e. The van der Waals surface area contributed by atoms with Crippen LogP contribution in [0.5, 0.6) is 0 Å². The molecular formula is C12H25NO. The van der Waals surface area contributed by atoms with Gasteiger partial charge < -0.3 is 10.1 Å². The predicted molar refractivity (Wildman–Crippen MR) is 60.5 cm³/mol. The number of hydrogen-bond acceptors (Lipinski definition) is 2. The molecule has 1 N–H and O–H groups in total. The third-order valence-electron chi connectivity index (χ3n) is 2.99. The summed E-state index contributed by atoms with van der Waals surface area (Å²) < 4.78 is 6.00. The Labute approximate surface area is 88.4 Å². The van der Waals surface area contributed by atoms with Crippen LogP contribution in [0.4, 0.5) is 0 Å². The van der Waals surface area contributed by atoms with E-state index in [2.05, 4.69) is 33.0 Å². The fourth-order valence-electron chi connectivity index (χ4n) is 2.01. The molecule has 0 aromatic heterocycles. The molecule has 2 atom stereocenters. The second-order valence-electron chi connectivity index (χ2n) is 5.20. The van der Waals surface area contributed by atoms with Crippen LogP contribution in [-0.2, 0) is 4.74 Å². The van der Waals surface area contributed by atoms with E-state index in [9.17, 15) is 0 Å². The van der Waals surface area contributed by atoms with E-state index in [1.54, 1.807) is 0 Å². The first kappa shape index (κ1) is 12.0. The monoisotopic (exact) mass is 199 g/mol. The molecule has 84 valence electrons. The van der Waals surface area contributed by atoms with E-state index in [1.165, 1.54) is 19.3 Å². The predicted octanol–water partition coefficient (Wildman–Crippen LogP) is 2.58. The third kappa shape index (κ3) is 3.25. The van der Waals surface area contributed by atoms with E-state index in [-0.39, 0.29) is 5.41 Å². The van der Waals surface area contributed by atoms with E-state index in [4.69, 9.17) is 4.74 Å². The molecule has 0 aromatic carbocycles. The van der Waals surface area contributed by atoms with Crippen molar-refractivity contribution >= 4 is 0 Å². The molecule has 14 heavy (non-hydrogen) atoms. The summed E-state index contributed by atoms with van der Waals surface area (Å²) in [6, 6.07) is 0.553. The van der Waals surface area contributed by atoms with Gasteiger partial charge in [-0.05, 0) is 12.8 Å². The highest BCUT2D eigenvalue weighted by molar-refractivity contribution is 4.84. The second-order valence-corrected chi connectivity index (χ2v) is 5.20. The Bertz CT molecular complexity index is 168. The van der Waals surface area contributed by atoms with Gasteiger partial charge in [0.15, 0.2) is 0 Å². The molecule has 0 radical (unpaired) electrons. The van der Waals surface area contributed by atoms with Crippen LogP contribution in [0.15, 0.2) is 0 Å². The summed E-state index contributed by atoms with van der Waals surface area (Å²) in [6.45, 7) is 11.0. The fraction of sp³-hybridized carbons (Fsp3) is 1.00. The highest BCUT2D eigenvalue weighted by atomic mass is 16.5. The van der Waals surface area contributed by atoms with Crippen LogP contribution in [0.2, 0.25) is 0 Å². The van der Waals surface area contributed by atoms with E-state index in [0.29, 0.717) is 12.1 Å². The van der Waals surface area contributed by atoms with Gasteiger partial charge in [-0.25, -0.2) is 0 Å². The van der Waals surface area contributed by atoms with Crippen molar-refractivity contribution in [1.29, 1.82) is 0 Å². The lowest BCUT2D eigenvalue weighted by Crippen LogP contribution is -2.40. The van der Waals surface area contributed by atoms with E-state index >= 15 is 0 Å². The van der Waals surface area contributed by atoms with Crippen molar-refractivity contribution in [2.45, 2.75) is 59.1 Å². The summed E-state index contributed by atoms with van der Waals surface area (Å²) in [7, 11) is 0. The summed E-state index contributed by atoms with van der Waals surface area (Å²) >= 11 is 0. The molecule has 0 amide bonds. The minimum atomic E-state index is 0.288. The molecule has 0 aromatic rings. The quantitative estimate of drug-likeness (QED) is 0.754. The van der Waals surface area contributed by atoms with Crippen molar-refractivity contribution < 1.29 is 4.74 Å². The zero-order chi connectivity index (χ0) is 10.6. The average molecular weight is 199 g/mol. The Kier molecular flexibility index (Phi) is 4.39. The molecule has 0 spiro atoms. The van der Waals surface area contributed by atoms with E-state index in [1.807, 2.05) is 0 Å². The summed E-state index contributed by atoms with van der Waals surface area (Å²) in [6.07, 6.45) is 3.98. The topological polar surface area (TPSA) is 21.3 Å². The van der Waals surface area contributed by atoms with Gasteiger partial charge in [0.1, 0.15) is 0 Å². The van der Waals surface area contributed by atoms with Gasteiger partial charge in [0, 0.05) is 18.0 Å². The summed E-state index contributed by atoms with van der Waals surface area (Å²) in [5.74, 6) is 0. The fourth-order valence-corrected chi connectivity index (χ4v) is 2.01. The van der Waals surface area contributed by atoms with E-state index < -0.39 is 0 Å². The van der Waals surface area contributed by atoms with Crippen molar-refractivity contribution in [2.24, 2.45) is 5.41 Å². The molecule has 2 nitrogen and oxygen atoms in total. The number of ether oxygens (including phenoxy) is 1. The summed E-state index contributed by atoms with van der Waals surface area (Å²) in [4.78, 5) is 0. The molecule has 2 heteroatoms. The second kappa shape index (κ2) is 5.13. The molecule has 1 aliphatic heterocycles. The van der Waals surface area contributed by atoms with Crippen molar-refractivity contribution in [2.75, 3.05) is 13.2 Å². The Balaban J connectivity index is 2.56. The third-order valence-corrected chi connectivity index (χ3v) is 2.99. The van der Waals surface area contributed by atoms with Gasteiger partial charge in [0.05, 0.1) is 12.7 Å². The van der Waals surface area contributed by atoms with Gasteiger partial charge in [-0.2, -0.15) is 0 Å². The maximum atomic E-state index is 6.00. The van der Waals surface area contributed by atoms with Gasteiger partial charge >= 0.3 is 0 Å². The Morgan fingerprint density at radius 3 is 2.64 bits per heavy atom. The van der Waals surface area contributed by atoms with Crippen molar-refractivity contribution in [3.8, 4) is 0 Å². The number of rotatable bonds is 3. The first-order valence-corrected chi connectivity index (χ1v) is 5.94.